The van der Waals surface area contributed by atoms with Gasteiger partial charge in [-0.15, -0.1) is 0 Å². The van der Waals surface area contributed by atoms with Crippen LogP contribution in [-0.4, -0.2) is 6.04 Å². The van der Waals surface area contributed by atoms with Crippen LogP contribution in [0.2, 0.25) is 0 Å². The standard InChI is InChI=1S/C17H27N/c1-14-10-11-15(2)16(12-14)13-18-17-8-6-4-3-5-7-9-17/h10-12,17-18H,3-9,13H2,1-2H3. The van der Waals surface area contributed by atoms with Crippen LogP contribution in [0.3, 0.4) is 0 Å². The van der Waals surface area contributed by atoms with Crippen molar-refractivity contribution in [3.05, 3.63) is 34.9 Å². The fourth-order valence-corrected chi connectivity index (χ4v) is 2.91. The van der Waals surface area contributed by atoms with Gasteiger partial charge in [-0.2, -0.15) is 0 Å². The van der Waals surface area contributed by atoms with Crippen LogP contribution in [0.15, 0.2) is 18.2 Å². The van der Waals surface area contributed by atoms with E-state index in [1.807, 2.05) is 0 Å². The summed E-state index contributed by atoms with van der Waals surface area (Å²) in [6.45, 7) is 5.44. The lowest BCUT2D eigenvalue weighted by molar-refractivity contribution is 0.388. The van der Waals surface area contributed by atoms with Crippen LogP contribution in [0.25, 0.3) is 0 Å². The van der Waals surface area contributed by atoms with Crippen molar-refractivity contribution in [2.45, 2.75) is 71.4 Å². The molecule has 0 spiro atoms. The maximum absolute atomic E-state index is 3.77. The van der Waals surface area contributed by atoms with Crippen LogP contribution in [0.5, 0.6) is 0 Å². The fraction of sp³-hybridized carbons (Fsp3) is 0.647. The van der Waals surface area contributed by atoms with Gasteiger partial charge >= 0.3 is 0 Å². The van der Waals surface area contributed by atoms with Crippen molar-refractivity contribution in [2.75, 3.05) is 0 Å². The Balaban J connectivity index is 1.87. The van der Waals surface area contributed by atoms with Crippen LogP contribution in [0.4, 0.5) is 0 Å². The van der Waals surface area contributed by atoms with Crippen molar-refractivity contribution in [3.63, 3.8) is 0 Å². The Labute approximate surface area is 112 Å². The van der Waals surface area contributed by atoms with Crippen molar-refractivity contribution >= 4 is 0 Å². The largest absolute Gasteiger partial charge is 0.310 e. The molecule has 18 heavy (non-hydrogen) atoms. The summed E-state index contributed by atoms with van der Waals surface area (Å²) >= 11 is 0. The van der Waals surface area contributed by atoms with E-state index in [0.717, 1.165) is 12.6 Å². The second-order valence-electron chi connectivity index (χ2n) is 5.85. The highest BCUT2D eigenvalue weighted by Gasteiger charge is 2.11. The fourth-order valence-electron chi connectivity index (χ4n) is 2.91. The van der Waals surface area contributed by atoms with Gasteiger partial charge in [0.05, 0.1) is 0 Å². The summed E-state index contributed by atoms with van der Waals surface area (Å²) in [6.07, 6.45) is 9.86. The van der Waals surface area contributed by atoms with E-state index in [9.17, 15) is 0 Å². The molecule has 0 amide bonds. The Kier molecular flexibility index (Phi) is 5.25. The highest BCUT2D eigenvalue weighted by Crippen LogP contribution is 2.18. The third kappa shape index (κ3) is 4.13. The van der Waals surface area contributed by atoms with Crippen LogP contribution in [0, 0.1) is 13.8 Å². The van der Waals surface area contributed by atoms with E-state index in [-0.39, 0.29) is 0 Å². The molecule has 1 aromatic rings. The van der Waals surface area contributed by atoms with Crippen molar-refractivity contribution in [1.29, 1.82) is 0 Å². The van der Waals surface area contributed by atoms with Gasteiger partial charge in [-0.05, 0) is 37.8 Å². The number of hydrogen-bond acceptors (Lipinski definition) is 1. The molecule has 1 aliphatic carbocycles. The normalized spacial score (nSPS) is 18.3. The molecule has 1 saturated carbocycles. The molecule has 2 rings (SSSR count). The van der Waals surface area contributed by atoms with Crippen molar-refractivity contribution < 1.29 is 0 Å². The first-order valence-corrected chi connectivity index (χ1v) is 7.55. The van der Waals surface area contributed by atoms with Crippen LogP contribution >= 0.6 is 0 Å². The zero-order valence-corrected chi connectivity index (χ0v) is 12.0. The van der Waals surface area contributed by atoms with Gasteiger partial charge in [0.15, 0.2) is 0 Å². The average molecular weight is 245 g/mol. The molecule has 1 aliphatic rings. The van der Waals surface area contributed by atoms with E-state index >= 15 is 0 Å². The van der Waals surface area contributed by atoms with Gasteiger partial charge in [0.2, 0.25) is 0 Å². The van der Waals surface area contributed by atoms with Crippen LogP contribution in [-0.2, 0) is 6.54 Å². The molecule has 1 fully saturated rings. The Morgan fingerprint density at radius 3 is 2.39 bits per heavy atom. The molecule has 0 atom stereocenters. The molecule has 0 heterocycles. The second-order valence-corrected chi connectivity index (χ2v) is 5.85. The van der Waals surface area contributed by atoms with Crippen molar-refractivity contribution in [3.8, 4) is 0 Å². The summed E-state index contributed by atoms with van der Waals surface area (Å²) in [5.41, 5.74) is 4.26. The molecule has 1 nitrogen and oxygen atoms in total. The minimum absolute atomic E-state index is 0.741. The van der Waals surface area contributed by atoms with Gasteiger partial charge < -0.3 is 5.32 Å². The molecule has 100 valence electrons. The molecule has 1 N–H and O–H groups in total. The summed E-state index contributed by atoms with van der Waals surface area (Å²) in [5, 5.41) is 3.77. The van der Waals surface area contributed by atoms with Crippen molar-refractivity contribution in [1.82, 2.24) is 5.32 Å². The third-order valence-corrected chi connectivity index (χ3v) is 4.19. The molecular formula is C17H27N. The van der Waals surface area contributed by atoms with Gasteiger partial charge in [0.1, 0.15) is 0 Å². The van der Waals surface area contributed by atoms with E-state index in [0.29, 0.717) is 0 Å². The number of benzene rings is 1. The number of nitrogens with one attached hydrogen (secondary N) is 1. The first-order valence-electron chi connectivity index (χ1n) is 7.55. The van der Waals surface area contributed by atoms with Crippen LogP contribution in [0.1, 0.15) is 61.6 Å². The lowest BCUT2D eigenvalue weighted by atomic mass is 9.96. The SMILES string of the molecule is Cc1ccc(C)c(CNC2CCCCCCC2)c1. The Hall–Kier alpha value is -0.820. The summed E-state index contributed by atoms with van der Waals surface area (Å²) in [4.78, 5) is 0. The monoisotopic (exact) mass is 245 g/mol. The van der Waals surface area contributed by atoms with E-state index < -0.39 is 0 Å². The van der Waals surface area contributed by atoms with E-state index in [1.54, 1.807) is 0 Å². The maximum Gasteiger partial charge on any atom is 0.0210 e. The molecule has 0 saturated heterocycles. The van der Waals surface area contributed by atoms with E-state index in [4.69, 9.17) is 0 Å². The average Bonchev–Trinajstić information content (AvgIpc) is 2.32. The topological polar surface area (TPSA) is 12.0 Å². The smallest absolute Gasteiger partial charge is 0.0210 e. The lowest BCUT2D eigenvalue weighted by Crippen LogP contribution is -2.29. The van der Waals surface area contributed by atoms with E-state index in [1.165, 1.54) is 61.6 Å². The highest BCUT2D eigenvalue weighted by atomic mass is 14.9. The molecule has 0 bridgehead atoms. The zero-order valence-electron chi connectivity index (χ0n) is 12.0. The number of hydrogen-bond donors (Lipinski definition) is 1. The molecule has 1 aromatic carbocycles. The molecule has 0 aromatic heterocycles. The van der Waals surface area contributed by atoms with E-state index in [2.05, 4.69) is 37.4 Å². The Morgan fingerprint density at radius 1 is 1.00 bits per heavy atom. The number of aryl methyl sites for hydroxylation is 2. The zero-order chi connectivity index (χ0) is 12.8. The lowest BCUT2D eigenvalue weighted by Gasteiger charge is -2.21. The minimum atomic E-state index is 0.741. The predicted octanol–water partition coefficient (Wildman–Crippen LogP) is 4.51. The summed E-state index contributed by atoms with van der Waals surface area (Å²) in [5.74, 6) is 0. The Bertz CT molecular complexity index is 362. The van der Waals surface area contributed by atoms with Crippen LogP contribution < -0.4 is 5.32 Å². The van der Waals surface area contributed by atoms with Gasteiger partial charge in [0.25, 0.3) is 0 Å². The molecule has 0 unspecified atom stereocenters. The first kappa shape index (κ1) is 13.6. The molecular weight excluding hydrogens is 218 g/mol. The minimum Gasteiger partial charge on any atom is -0.310 e. The van der Waals surface area contributed by atoms with Crippen molar-refractivity contribution in [2.24, 2.45) is 0 Å². The molecule has 0 radical (unpaired) electrons. The Morgan fingerprint density at radius 2 is 1.67 bits per heavy atom. The van der Waals surface area contributed by atoms with Gasteiger partial charge in [-0.25, -0.2) is 0 Å². The second kappa shape index (κ2) is 6.94. The highest BCUT2D eigenvalue weighted by molar-refractivity contribution is 5.30. The first-order chi connectivity index (χ1) is 8.75. The van der Waals surface area contributed by atoms with Gasteiger partial charge in [-0.1, -0.05) is 55.9 Å². The third-order valence-electron chi connectivity index (χ3n) is 4.19. The summed E-state index contributed by atoms with van der Waals surface area (Å²) in [7, 11) is 0. The maximum atomic E-state index is 3.77. The molecule has 1 heteroatoms. The summed E-state index contributed by atoms with van der Waals surface area (Å²) in [6, 6.07) is 7.51. The van der Waals surface area contributed by atoms with Gasteiger partial charge in [0, 0.05) is 12.6 Å². The number of rotatable bonds is 3. The van der Waals surface area contributed by atoms with Gasteiger partial charge in [-0.3, -0.25) is 0 Å². The predicted molar refractivity (Wildman–Crippen MR) is 78.9 cm³/mol. The molecule has 0 aliphatic heterocycles. The quantitative estimate of drug-likeness (QED) is 0.826. The summed E-state index contributed by atoms with van der Waals surface area (Å²) < 4.78 is 0.